The van der Waals surface area contributed by atoms with Gasteiger partial charge in [-0.15, -0.1) is 0 Å². The molecule has 0 saturated heterocycles. The third-order valence-electron chi connectivity index (χ3n) is 1.01. The van der Waals surface area contributed by atoms with Crippen molar-refractivity contribution in [3.63, 3.8) is 0 Å². The molecule has 0 aromatic heterocycles. The maximum Gasteiger partial charge on any atom is 0.258 e. The molecule has 0 N–H and O–H groups in total. The molecule has 0 rings (SSSR count). The molecule has 0 aliphatic heterocycles. The molecular weight excluding hydrogens is 172 g/mol. The zero-order valence-corrected chi connectivity index (χ0v) is 10.3. The van der Waals surface area contributed by atoms with Crippen LogP contribution in [0.5, 0.6) is 0 Å². The van der Waals surface area contributed by atoms with Crippen molar-refractivity contribution in [3.05, 3.63) is 0 Å². The van der Waals surface area contributed by atoms with Gasteiger partial charge in [-0.2, -0.15) is 0 Å². The molecule has 0 radical (unpaired) electrons. The largest absolute Gasteiger partial charge is 0.524 e. The summed E-state index contributed by atoms with van der Waals surface area (Å²) in [6, 6.07) is 0. The highest BCUT2D eigenvalue weighted by atomic mass is 28.4. The summed E-state index contributed by atoms with van der Waals surface area (Å²) in [4.78, 5) is 11.4. The van der Waals surface area contributed by atoms with E-state index in [9.17, 15) is 4.79 Å². The molecule has 4 heteroatoms. The standard InChI is InChI=1S/C7H18O2Si2/c1-10(2,3)7(8)9-11(4,5)6/h1-6H3. The van der Waals surface area contributed by atoms with Crippen LogP contribution in [0.15, 0.2) is 0 Å². The average Bonchev–Trinajstić information content (AvgIpc) is 1.56. The summed E-state index contributed by atoms with van der Waals surface area (Å²) in [6.07, 6.45) is 0. The van der Waals surface area contributed by atoms with E-state index in [2.05, 4.69) is 0 Å². The van der Waals surface area contributed by atoms with Crippen molar-refractivity contribution >= 4 is 22.0 Å². The molecule has 0 bridgehead atoms. The second-order valence-electron chi connectivity index (χ2n) is 4.75. The number of carbonyl (C=O) groups excluding carboxylic acids is 1. The van der Waals surface area contributed by atoms with E-state index in [-0.39, 0.29) is 5.59 Å². The lowest BCUT2D eigenvalue weighted by atomic mass is 11.6. The van der Waals surface area contributed by atoms with Gasteiger partial charge in [0.1, 0.15) is 0 Å². The van der Waals surface area contributed by atoms with E-state index in [4.69, 9.17) is 4.43 Å². The minimum absolute atomic E-state index is 0.0525. The molecule has 0 fully saturated rings. The lowest BCUT2D eigenvalue weighted by Gasteiger charge is -2.23. The highest BCUT2D eigenvalue weighted by Crippen LogP contribution is 2.11. The maximum atomic E-state index is 11.4. The Morgan fingerprint density at radius 1 is 1.00 bits per heavy atom. The summed E-state index contributed by atoms with van der Waals surface area (Å²) in [5.41, 5.74) is 0.0525. The first-order chi connectivity index (χ1) is 4.63. The van der Waals surface area contributed by atoms with Gasteiger partial charge >= 0.3 is 0 Å². The zero-order chi connectivity index (χ0) is 9.28. The molecule has 0 aromatic carbocycles. The first-order valence-corrected chi connectivity index (χ1v) is 10.8. The number of rotatable bonds is 2. The van der Waals surface area contributed by atoms with Crippen LogP contribution in [-0.4, -0.2) is 22.0 Å². The Balaban J connectivity index is 4.11. The van der Waals surface area contributed by atoms with E-state index in [0.717, 1.165) is 0 Å². The summed E-state index contributed by atoms with van der Waals surface area (Å²) >= 11 is 0. The molecule has 0 heterocycles. The second kappa shape index (κ2) is 3.10. The van der Waals surface area contributed by atoms with Crippen molar-refractivity contribution < 1.29 is 9.22 Å². The molecule has 0 aliphatic rings. The molecule has 66 valence electrons. The van der Waals surface area contributed by atoms with E-state index < -0.39 is 16.4 Å². The number of carbonyl (C=O) groups is 1. The molecule has 0 unspecified atom stereocenters. The van der Waals surface area contributed by atoms with Gasteiger partial charge in [0.15, 0.2) is 8.07 Å². The van der Waals surface area contributed by atoms with Gasteiger partial charge in [0.2, 0.25) is 8.32 Å². The Kier molecular flexibility index (Phi) is 3.08. The smallest absolute Gasteiger partial charge is 0.258 e. The van der Waals surface area contributed by atoms with E-state index in [1.54, 1.807) is 0 Å². The first kappa shape index (κ1) is 10.9. The van der Waals surface area contributed by atoms with Crippen LogP contribution in [0.2, 0.25) is 39.3 Å². The van der Waals surface area contributed by atoms with Crippen LogP contribution in [0.1, 0.15) is 0 Å². The monoisotopic (exact) mass is 190 g/mol. The van der Waals surface area contributed by atoms with Crippen LogP contribution in [0.25, 0.3) is 0 Å². The SMILES string of the molecule is C[Si](C)(C)OC(=O)[Si](C)(C)C. The molecule has 11 heavy (non-hydrogen) atoms. The zero-order valence-electron chi connectivity index (χ0n) is 8.32. The lowest BCUT2D eigenvalue weighted by Crippen LogP contribution is -2.41. The summed E-state index contributed by atoms with van der Waals surface area (Å²) in [5.74, 6) is 0. The van der Waals surface area contributed by atoms with Crippen LogP contribution in [0.3, 0.4) is 0 Å². The Morgan fingerprint density at radius 2 is 1.36 bits per heavy atom. The Bertz CT molecular complexity index is 153. The van der Waals surface area contributed by atoms with Crippen molar-refractivity contribution in [1.82, 2.24) is 0 Å². The van der Waals surface area contributed by atoms with E-state index in [1.165, 1.54) is 0 Å². The molecule has 0 aromatic rings. The van der Waals surface area contributed by atoms with Gasteiger partial charge in [0, 0.05) is 0 Å². The van der Waals surface area contributed by atoms with Gasteiger partial charge in [-0.25, -0.2) is 0 Å². The van der Waals surface area contributed by atoms with E-state index in [0.29, 0.717) is 0 Å². The van der Waals surface area contributed by atoms with Gasteiger partial charge < -0.3 is 4.43 Å². The average molecular weight is 190 g/mol. The van der Waals surface area contributed by atoms with Crippen LogP contribution in [0.4, 0.5) is 4.79 Å². The lowest BCUT2D eigenvalue weighted by molar-refractivity contribution is 0.222. The third-order valence-corrected chi connectivity index (χ3v) is 3.34. The van der Waals surface area contributed by atoms with Crippen LogP contribution >= 0.6 is 0 Å². The second-order valence-corrected chi connectivity index (χ2v) is 14.1. The first-order valence-electron chi connectivity index (χ1n) is 3.86. The molecule has 0 spiro atoms. The Labute approximate surface area is 71.1 Å². The van der Waals surface area contributed by atoms with Crippen LogP contribution in [-0.2, 0) is 4.43 Å². The van der Waals surface area contributed by atoms with Crippen molar-refractivity contribution in [2.24, 2.45) is 0 Å². The van der Waals surface area contributed by atoms with Gasteiger partial charge in [-0.1, -0.05) is 19.6 Å². The predicted molar refractivity (Wildman–Crippen MR) is 53.2 cm³/mol. The number of hydrogen-bond acceptors (Lipinski definition) is 2. The predicted octanol–water partition coefficient (Wildman–Crippen LogP) is 2.88. The third kappa shape index (κ3) is 5.20. The minimum atomic E-state index is -1.70. The van der Waals surface area contributed by atoms with Gasteiger partial charge in [0.05, 0.1) is 0 Å². The van der Waals surface area contributed by atoms with Gasteiger partial charge in [-0.3, -0.25) is 4.79 Å². The molecule has 0 saturated carbocycles. The summed E-state index contributed by atoms with van der Waals surface area (Å²) in [6.45, 7) is 12.1. The minimum Gasteiger partial charge on any atom is -0.524 e. The Morgan fingerprint density at radius 3 is 1.45 bits per heavy atom. The highest BCUT2D eigenvalue weighted by molar-refractivity contribution is 7.03. The van der Waals surface area contributed by atoms with Crippen molar-refractivity contribution in [2.75, 3.05) is 0 Å². The molecule has 0 atom stereocenters. The molecule has 2 nitrogen and oxygen atoms in total. The molecule has 0 aliphatic carbocycles. The summed E-state index contributed by atoms with van der Waals surface area (Å²) in [5, 5.41) is 0. The van der Waals surface area contributed by atoms with Gasteiger partial charge in [-0.05, 0) is 19.6 Å². The number of hydrogen-bond donors (Lipinski definition) is 0. The van der Waals surface area contributed by atoms with Crippen molar-refractivity contribution in [3.8, 4) is 0 Å². The Hall–Kier alpha value is -0.0962. The summed E-state index contributed by atoms with van der Waals surface area (Å²) < 4.78 is 5.36. The van der Waals surface area contributed by atoms with Crippen molar-refractivity contribution in [2.45, 2.75) is 39.3 Å². The highest BCUT2D eigenvalue weighted by Gasteiger charge is 2.30. The molecule has 0 amide bonds. The topological polar surface area (TPSA) is 26.3 Å². The fourth-order valence-electron chi connectivity index (χ4n) is 0.431. The normalized spacial score (nSPS) is 12.9. The quantitative estimate of drug-likeness (QED) is 0.626. The van der Waals surface area contributed by atoms with E-state index in [1.807, 2.05) is 39.3 Å². The summed E-state index contributed by atoms with van der Waals surface area (Å²) in [7, 11) is -3.34. The van der Waals surface area contributed by atoms with Gasteiger partial charge in [0.25, 0.3) is 5.59 Å². The molecular formula is C7H18O2Si2. The van der Waals surface area contributed by atoms with E-state index >= 15 is 0 Å². The van der Waals surface area contributed by atoms with Crippen LogP contribution < -0.4 is 0 Å². The van der Waals surface area contributed by atoms with Crippen LogP contribution in [0, 0.1) is 0 Å². The van der Waals surface area contributed by atoms with Crippen molar-refractivity contribution in [1.29, 1.82) is 0 Å². The fourth-order valence-corrected chi connectivity index (χ4v) is 3.13. The maximum absolute atomic E-state index is 11.4. The fraction of sp³-hybridized carbons (Fsp3) is 0.857.